The molecule has 6 rings (SSSR count). The van der Waals surface area contributed by atoms with Crippen molar-refractivity contribution in [3.05, 3.63) is 42.4 Å². The Morgan fingerprint density at radius 2 is 1.84 bits per heavy atom. The number of sulfonamides is 1. The number of carbonyl (C=O) groups excluding carboxylic acids is 4. The normalized spacial score (nSPS) is 30.0. The van der Waals surface area contributed by atoms with Gasteiger partial charge >= 0.3 is 5.97 Å². The van der Waals surface area contributed by atoms with Crippen LogP contribution in [0.2, 0.25) is 0 Å². The van der Waals surface area contributed by atoms with Crippen molar-refractivity contribution in [1.82, 2.24) is 14.6 Å². The van der Waals surface area contributed by atoms with Gasteiger partial charge in [-0.3, -0.25) is 23.9 Å². The first-order valence-corrected chi connectivity index (χ1v) is 20.9. The molecule has 1 aromatic carbocycles. The highest BCUT2D eigenvalue weighted by atomic mass is 32.2. The molecule has 0 unspecified atom stereocenters. The summed E-state index contributed by atoms with van der Waals surface area (Å²) in [7, 11) is -2.95. The third-order valence-electron chi connectivity index (χ3n) is 11.9. The summed E-state index contributed by atoms with van der Waals surface area (Å²) in [6, 6.07) is 3.04. The van der Waals surface area contributed by atoms with E-state index in [9.17, 15) is 36.4 Å². The number of Topliss-reactive ketones (excluding diaryl/α,β-unsaturated/α-hetero) is 1. The molecule has 2 aliphatic heterocycles. The van der Waals surface area contributed by atoms with Crippen LogP contribution >= 0.6 is 0 Å². The minimum Gasteiger partial charge on any atom is -0.496 e. The van der Waals surface area contributed by atoms with Gasteiger partial charge in [-0.2, -0.15) is 0 Å². The van der Waals surface area contributed by atoms with Crippen molar-refractivity contribution in [2.75, 3.05) is 20.3 Å². The molecule has 0 radical (unpaired) electrons. The van der Waals surface area contributed by atoms with E-state index in [1.54, 1.807) is 26.8 Å². The minimum absolute atomic E-state index is 0.0134. The first kappa shape index (κ1) is 41.5. The Labute approximate surface area is 327 Å². The van der Waals surface area contributed by atoms with Crippen LogP contribution in [-0.4, -0.2) is 84.7 Å². The number of aromatic nitrogens is 1. The molecule has 3 heterocycles. The van der Waals surface area contributed by atoms with Crippen LogP contribution in [0.1, 0.15) is 92.4 Å². The molecule has 1 saturated heterocycles. The van der Waals surface area contributed by atoms with E-state index < -0.39 is 85.8 Å². The lowest BCUT2D eigenvalue weighted by atomic mass is 9.82. The predicted octanol–water partition coefficient (Wildman–Crippen LogP) is 6.00. The van der Waals surface area contributed by atoms with Crippen LogP contribution in [0.4, 0.5) is 8.78 Å². The van der Waals surface area contributed by atoms with Crippen LogP contribution in [0.3, 0.4) is 0 Å². The standard InChI is InChI=1S/C41H53F2N3O9S/c1-24-9-7-8-10-26-20-41(26,38(50)45-56(51,52)40(23-42)12-13-40)21-33(47)32-18-28(54-36-31-16-27(43)17-34(53-6)29(31)11-14-44-36)22-46(32)37(49)30(25(2)15-24)19-35(48)55-39(3,4)5/h8,10-11,14,16-17,24-26,28,30,32H,7,9,12-13,15,18-23H2,1-6H3,(H,45,50)/b10-8-/t24-,25-,26-,28-,30+,32+,41-/m1/s1. The van der Waals surface area contributed by atoms with E-state index in [2.05, 4.69) is 16.6 Å². The molecule has 2 saturated carbocycles. The molecular formula is C41H53F2N3O9S. The fourth-order valence-electron chi connectivity index (χ4n) is 8.41. The number of nitrogens with zero attached hydrogens (tertiary/aromatic N) is 2. The number of ether oxygens (including phenoxy) is 3. The van der Waals surface area contributed by atoms with Gasteiger partial charge in [0.2, 0.25) is 27.7 Å². The van der Waals surface area contributed by atoms with Crippen LogP contribution in [0.5, 0.6) is 11.6 Å². The first-order chi connectivity index (χ1) is 26.3. The van der Waals surface area contributed by atoms with Crippen LogP contribution in [0.25, 0.3) is 10.8 Å². The van der Waals surface area contributed by atoms with E-state index in [4.69, 9.17) is 14.2 Å². The molecule has 12 nitrogen and oxygen atoms in total. The Bertz CT molecular complexity index is 2010. The van der Waals surface area contributed by atoms with Crippen LogP contribution in [-0.2, 0) is 33.9 Å². The van der Waals surface area contributed by atoms with Gasteiger partial charge in [-0.05, 0) is 89.2 Å². The Morgan fingerprint density at radius 3 is 2.50 bits per heavy atom. The lowest BCUT2D eigenvalue weighted by molar-refractivity contribution is -0.160. The number of carbonyl (C=O) groups is 4. The van der Waals surface area contributed by atoms with Crippen LogP contribution < -0.4 is 14.2 Å². The van der Waals surface area contributed by atoms with Gasteiger partial charge in [-0.25, -0.2) is 22.2 Å². The summed E-state index contributed by atoms with van der Waals surface area (Å²) in [6.45, 7) is 8.00. The van der Waals surface area contributed by atoms with E-state index >= 15 is 0 Å². The number of ketones is 1. The summed E-state index contributed by atoms with van der Waals surface area (Å²) < 4.78 is 72.8. The van der Waals surface area contributed by atoms with Gasteiger partial charge in [0, 0.05) is 30.5 Å². The van der Waals surface area contributed by atoms with Crippen molar-refractivity contribution >= 4 is 44.4 Å². The Hall–Kier alpha value is -4.14. The summed E-state index contributed by atoms with van der Waals surface area (Å²) in [5.41, 5.74) is -2.23. The highest BCUT2D eigenvalue weighted by Gasteiger charge is 2.63. The van der Waals surface area contributed by atoms with E-state index in [1.807, 2.05) is 19.1 Å². The molecule has 3 fully saturated rings. The molecule has 1 N–H and O–H groups in total. The van der Waals surface area contributed by atoms with Crippen molar-refractivity contribution in [2.45, 2.75) is 115 Å². The lowest BCUT2D eigenvalue weighted by Gasteiger charge is -2.32. The van der Waals surface area contributed by atoms with Crippen molar-refractivity contribution in [3.63, 3.8) is 0 Å². The molecule has 4 aliphatic rings. The number of allylic oxidation sites excluding steroid dienone is 2. The number of amides is 2. The smallest absolute Gasteiger partial charge is 0.307 e. The number of nitrogens with one attached hydrogen (secondary N) is 1. The Balaban J connectivity index is 1.36. The highest BCUT2D eigenvalue weighted by Crippen LogP contribution is 2.58. The minimum atomic E-state index is -4.36. The van der Waals surface area contributed by atoms with Crippen LogP contribution in [0.15, 0.2) is 36.5 Å². The van der Waals surface area contributed by atoms with Gasteiger partial charge in [0.15, 0.2) is 5.78 Å². The van der Waals surface area contributed by atoms with Gasteiger partial charge in [0.05, 0.1) is 42.8 Å². The number of methoxy groups -OCH3 is 1. The fraction of sp³-hybridized carbons (Fsp3) is 0.634. The molecule has 1 aromatic heterocycles. The summed E-state index contributed by atoms with van der Waals surface area (Å²) in [4.78, 5) is 62.5. The quantitative estimate of drug-likeness (QED) is 0.236. The summed E-state index contributed by atoms with van der Waals surface area (Å²) >= 11 is 0. The summed E-state index contributed by atoms with van der Waals surface area (Å²) in [6.07, 6.45) is 6.22. The van der Waals surface area contributed by atoms with Gasteiger partial charge in [0.25, 0.3) is 0 Å². The van der Waals surface area contributed by atoms with E-state index in [0.717, 1.165) is 6.42 Å². The van der Waals surface area contributed by atoms with Gasteiger partial charge in [-0.15, -0.1) is 0 Å². The molecule has 2 aromatic rings. The number of esters is 1. The number of pyridine rings is 1. The second kappa shape index (κ2) is 15.7. The molecule has 2 aliphatic carbocycles. The zero-order valence-electron chi connectivity index (χ0n) is 32.9. The summed E-state index contributed by atoms with van der Waals surface area (Å²) in [5, 5.41) is 0.860. The maximum Gasteiger partial charge on any atom is 0.307 e. The van der Waals surface area contributed by atoms with Crippen molar-refractivity contribution in [3.8, 4) is 11.6 Å². The van der Waals surface area contributed by atoms with Crippen LogP contribution in [0, 0.1) is 34.9 Å². The molecule has 7 atom stereocenters. The van der Waals surface area contributed by atoms with Crippen molar-refractivity contribution < 1.29 is 50.6 Å². The first-order valence-electron chi connectivity index (χ1n) is 19.5. The number of benzene rings is 1. The topological polar surface area (TPSA) is 158 Å². The second-order valence-corrected chi connectivity index (χ2v) is 19.5. The average molecular weight is 802 g/mol. The second-order valence-electron chi connectivity index (χ2n) is 17.4. The number of hydrogen-bond acceptors (Lipinski definition) is 10. The lowest BCUT2D eigenvalue weighted by Crippen LogP contribution is -2.48. The number of halogens is 2. The number of rotatable bonds is 9. The largest absolute Gasteiger partial charge is 0.496 e. The van der Waals surface area contributed by atoms with Gasteiger partial charge in [0.1, 0.15) is 34.7 Å². The molecule has 0 bridgehead atoms. The average Bonchev–Trinajstić information content (AvgIpc) is 4.02. The molecule has 15 heteroatoms. The van der Waals surface area contributed by atoms with Gasteiger partial charge in [-0.1, -0.05) is 26.0 Å². The molecule has 306 valence electrons. The maximum atomic E-state index is 14.8. The molecule has 0 spiro atoms. The highest BCUT2D eigenvalue weighted by molar-refractivity contribution is 7.91. The fourth-order valence-corrected chi connectivity index (χ4v) is 9.86. The third kappa shape index (κ3) is 8.57. The number of hydrogen-bond donors (Lipinski definition) is 1. The summed E-state index contributed by atoms with van der Waals surface area (Å²) in [5.74, 6) is -4.05. The van der Waals surface area contributed by atoms with Crippen molar-refractivity contribution in [2.24, 2.45) is 29.1 Å². The molecule has 2 amide bonds. The number of alkyl halides is 1. The van der Waals surface area contributed by atoms with Gasteiger partial charge < -0.3 is 19.1 Å². The van der Waals surface area contributed by atoms with E-state index in [-0.39, 0.29) is 68.5 Å². The zero-order chi connectivity index (χ0) is 40.8. The molecule has 56 heavy (non-hydrogen) atoms. The molecular weight excluding hydrogens is 749 g/mol. The zero-order valence-corrected chi connectivity index (χ0v) is 33.8. The Morgan fingerprint density at radius 1 is 1.11 bits per heavy atom. The third-order valence-corrected chi connectivity index (χ3v) is 14.0. The predicted molar refractivity (Wildman–Crippen MR) is 203 cm³/mol. The van der Waals surface area contributed by atoms with E-state index in [1.165, 1.54) is 30.3 Å². The van der Waals surface area contributed by atoms with E-state index in [0.29, 0.717) is 23.6 Å². The SMILES string of the molecule is COc1cc(F)cc2c(O[C@@H]3C[C@H]4C(=O)C[C@]5(C(=O)NS(=O)(=O)C6(CF)CC6)C[C@H]5/C=C\CC[C@@H](C)C[C@@H](C)[C@H](CC(=O)OC(C)(C)C)C(=O)N4C3)nccc12. The Kier molecular flexibility index (Phi) is 11.6. The monoisotopic (exact) mass is 801 g/mol. The number of fused-ring (bicyclic) bond motifs is 3. The van der Waals surface area contributed by atoms with Crippen molar-refractivity contribution in [1.29, 1.82) is 0 Å². The maximum absolute atomic E-state index is 14.8.